The first kappa shape index (κ1) is 34.1. The van der Waals surface area contributed by atoms with Gasteiger partial charge in [0.15, 0.2) is 0 Å². The molecule has 0 aliphatic rings. The Morgan fingerprint density at radius 3 is 1.16 bits per heavy atom. The summed E-state index contributed by atoms with van der Waals surface area (Å²) in [6, 6.07) is 4.02. The van der Waals surface area contributed by atoms with Gasteiger partial charge in [-0.15, -0.1) is 0 Å². The number of hydrogen-bond acceptors (Lipinski definition) is 7. The molecule has 0 atom stereocenters. The molecule has 4 heterocycles. The van der Waals surface area contributed by atoms with Crippen molar-refractivity contribution in [2.75, 3.05) is 0 Å². The minimum absolute atomic E-state index is 0.0196. The first-order valence-corrected chi connectivity index (χ1v) is 11.8. The highest BCUT2D eigenvalue weighted by molar-refractivity contribution is 5.59. The van der Waals surface area contributed by atoms with Crippen molar-refractivity contribution >= 4 is 0 Å². The van der Waals surface area contributed by atoms with Crippen molar-refractivity contribution in [1.82, 2.24) is 29.9 Å². The van der Waals surface area contributed by atoms with Crippen LogP contribution in [0, 0.1) is 0 Å². The lowest BCUT2D eigenvalue weighted by Gasteiger charge is -2.11. The van der Waals surface area contributed by atoms with Crippen molar-refractivity contribution in [3.8, 4) is 22.5 Å². The molecular formula is C25H16F12N6O. The van der Waals surface area contributed by atoms with E-state index in [1.54, 1.807) is 6.92 Å². The van der Waals surface area contributed by atoms with Gasteiger partial charge < -0.3 is 5.11 Å². The Balaban J connectivity index is 0.000000240. The van der Waals surface area contributed by atoms with Crippen molar-refractivity contribution in [2.24, 2.45) is 0 Å². The van der Waals surface area contributed by atoms with E-state index < -0.39 is 54.3 Å². The van der Waals surface area contributed by atoms with E-state index in [2.05, 4.69) is 29.9 Å². The second-order valence-corrected chi connectivity index (χ2v) is 8.59. The van der Waals surface area contributed by atoms with Gasteiger partial charge in [-0.2, -0.15) is 52.7 Å². The lowest BCUT2D eigenvalue weighted by Crippen LogP contribution is -2.11. The topological polar surface area (TPSA) is 97.6 Å². The van der Waals surface area contributed by atoms with Gasteiger partial charge in [-0.3, -0.25) is 0 Å². The molecule has 0 saturated heterocycles. The number of aryl methyl sites for hydroxylation is 1. The summed E-state index contributed by atoms with van der Waals surface area (Å²) in [6.07, 6.45) is -15.5. The third kappa shape index (κ3) is 8.80. The molecule has 0 radical (unpaired) electrons. The second-order valence-electron chi connectivity index (χ2n) is 8.59. The van der Waals surface area contributed by atoms with Crippen molar-refractivity contribution in [2.45, 2.75) is 44.7 Å². The van der Waals surface area contributed by atoms with Gasteiger partial charge in [0.2, 0.25) is 11.6 Å². The highest BCUT2D eigenvalue weighted by atomic mass is 19.4. The Hall–Kier alpha value is -4.42. The molecule has 0 amide bonds. The van der Waals surface area contributed by atoms with Gasteiger partial charge >= 0.3 is 24.7 Å². The number of aromatic nitrogens is 6. The van der Waals surface area contributed by atoms with Crippen LogP contribution in [0.1, 0.15) is 41.1 Å². The van der Waals surface area contributed by atoms with E-state index in [4.69, 9.17) is 5.11 Å². The molecule has 0 bridgehead atoms. The Kier molecular flexibility index (Phi) is 9.81. The van der Waals surface area contributed by atoms with Crippen LogP contribution in [0.5, 0.6) is 0 Å². The van der Waals surface area contributed by atoms with Gasteiger partial charge in [0.1, 0.15) is 11.4 Å². The fraction of sp³-hybridized carbons (Fsp3) is 0.280. The van der Waals surface area contributed by atoms with E-state index in [1.165, 1.54) is 6.07 Å². The van der Waals surface area contributed by atoms with Crippen LogP contribution in [-0.2, 0) is 37.7 Å². The van der Waals surface area contributed by atoms with Gasteiger partial charge in [-0.05, 0) is 41.8 Å². The zero-order chi connectivity index (χ0) is 33.1. The fourth-order valence-corrected chi connectivity index (χ4v) is 3.27. The number of rotatable bonds is 4. The lowest BCUT2D eigenvalue weighted by atomic mass is 10.1. The molecule has 4 aromatic rings. The average Bonchev–Trinajstić information content (AvgIpc) is 2.95. The first-order chi connectivity index (χ1) is 20.2. The Morgan fingerprint density at radius 2 is 0.864 bits per heavy atom. The molecule has 44 heavy (non-hydrogen) atoms. The van der Waals surface area contributed by atoms with Crippen LogP contribution in [0.15, 0.2) is 49.1 Å². The summed E-state index contributed by atoms with van der Waals surface area (Å²) in [7, 11) is 0. The molecule has 0 aliphatic carbocycles. The molecule has 19 heteroatoms. The van der Waals surface area contributed by atoms with E-state index in [1.807, 2.05) is 0 Å². The van der Waals surface area contributed by atoms with Gasteiger partial charge in [0.25, 0.3) is 0 Å². The number of alkyl halides is 12. The van der Waals surface area contributed by atoms with Crippen LogP contribution in [-0.4, -0.2) is 35.0 Å². The predicted molar refractivity (Wildman–Crippen MR) is 126 cm³/mol. The summed E-state index contributed by atoms with van der Waals surface area (Å²) in [6.45, 7) is 0.975. The minimum atomic E-state index is -4.76. The van der Waals surface area contributed by atoms with Crippen LogP contribution in [0.25, 0.3) is 22.5 Å². The number of nitrogens with zero attached hydrogens (tertiary/aromatic N) is 6. The standard InChI is InChI=1S/C13H9F6N3.C12H7F6N3O/c1-2-7-3-9(22-10(4-7)12(14,15)16)8-5-20-11(21-6-8)13(17,18)19;13-11(14,15)9-2-6(5-22)1-8(21-9)7-3-19-10(20-4-7)12(16,17)18/h3-6H,2H2,1H3;1-4,22H,5H2. The third-order valence-corrected chi connectivity index (χ3v) is 5.34. The first-order valence-electron chi connectivity index (χ1n) is 11.8. The third-order valence-electron chi connectivity index (χ3n) is 5.34. The lowest BCUT2D eigenvalue weighted by molar-refractivity contribution is -0.145. The maximum Gasteiger partial charge on any atom is 0.451 e. The van der Waals surface area contributed by atoms with Gasteiger partial charge in [0, 0.05) is 35.9 Å². The number of aliphatic hydroxyl groups is 1. The Bertz CT molecular complexity index is 1450. The van der Waals surface area contributed by atoms with Crippen LogP contribution >= 0.6 is 0 Å². The molecule has 0 aliphatic heterocycles. The maximum atomic E-state index is 12.8. The van der Waals surface area contributed by atoms with E-state index in [9.17, 15) is 52.7 Å². The zero-order valence-electron chi connectivity index (χ0n) is 21.7. The molecule has 1 N–H and O–H groups in total. The summed E-state index contributed by atoms with van der Waals surface area (Å²) < 4.78 is 151. The van der Waals surface area contributed by atoms with E-state index >= 15 is 0 Å². The molecule has 0 aromatic carbocycles. The van der Waals surface area contributed by atoms with Gasteiger partial charge in [-0.1, -0.05) is 6.92 Å². The molecule has 4 aromatic heterocycles. The molecule has 236 valence electrons. The number of halogens is 12. The highest BCUT2D eigenvalue weighted by Crippen LogP contribution is 2.33. The van der Waals surface area contributed by atoms with E-state index in [-0.39, 0.29) is 28.1 Å². The number of hydrogen-bond donors (Lipinski definition) is 1. The molecule has 0 saturated carbocycles. The molecule has 0 unspecified atom stereocenters. The summed E-state index contributed by atoms with van der Waals surface area (Å²) in [5.74, 6) is -2.77. The minimum Gasteiger partial charge on any atom is -0.392 e. The molecule has 0 fully saturated rings. The maximum absolute atomic E-state index is 12.8. The number of pyridine rings is 2. The van der Waals surface area contributed by atoms with Gasteiger partial charge in [0.05, 0.1) is 18.0 Å². The van der Waals surface area contributed by atoms with Crippen LogP contribution in [0.3, 0.4) is 0 Å². The van der Waals surface area contributed by atoms with E-state index in [0.29, 0.717) is 18.1 Å². The average molecular weight is 644 g/mol. The van der Waals surface area contributed by atoms with Crippen molar-refractivity contribution < 1.29 is 57.8 Å². The summed E-state index contributed by atoms with van der Waals surface area (Å²) in [5, 5.41) is 8.97. The quantitative estimate of drug-likeness (QED) is 0.235. The second kappa shape index (κ2) is 12.7. The smallest absolute Gasteiger partial charge is 0.392 e. The summed E-state index contributed by atoms with van der Waals surface area (Å²) >= 11 is 0. The number of aliphatic hydroxyl groups excluding tert-OH is 1. The molecule has 4 rings (SSSR count). The predicted octanol–water partition coefficient (Wildman–Crippen LogP) is 7.21. The zero-order valence-corrected chi connectivity index (χ0v) is 21.7. The van der Waals surface area contributed by atoms with Crippen molar-refractivity contribution in [3.05, 3.63) is 83.2 Å². The monoisotopic (exact) mass is 644 g/mol. The molecular weight excluding hydrogens is 628 g/mol. The van der Waals surface area contributed by atoms with Crippen molar-refractivity contribution in [3.63, 3.8) is 0 Å². The Morgan fingerprint density at radius 1 is 0.523 bits per heavy atom. The highest BCUT2D eigenvalue weighted by Gasteiger charge is 2.36. The van der Waals surface area contributed by atoms with Crippen LogP contribution < -0.4 is 0 Å². The summed E-state index contributed by atoms with van der Waals surface area (Å²) in [4.78, 5) is 19.1. The molecule has 0 spiro atoms. The SMILES string of the molecule is CCc1cc(-c2cnc(C(F)(F)F)nc2)nc(C(F)(F)F)c1.OCc1cc(-c2cnc(C(F)(F)F)nc2)nc(C(F)(F)F)c1. The van der Waals surface area contributed by atoms with E-state index in [0.717, 1.165) is 36.9 Å². The Labute approximate surface area is 238 Å². The van der Waals surface area contributed by atoms with Gasteiger partial charge in [-0.25, -0.2) is 29.9 Å². The van der Waals surface area contributed by atoms with Crippen LogP contribution in [0.2, 0.25) is 0 Å². The fourth-order valence-electron chi connectivity index (χ4n) is 3.27. The molecule has 7 nitrogen and oxygen atoms in total. The van der Waals surface area contributed by atoms with Crippen molar-refractivity contribution in [1.29, 1.82) is 0 Å². The van der Waals surface area contributed by atoms with Crippen LogP contribution in [0.4, 0.5) is 52.7 Å². The summed E-state index contributed by atoms with van der Waals surface area (Å²) in [5.41, 5.74) is -2.67. The largest absolute Gasteiger partial charge is 0.451 e. The normalized spacial score (nSPS) is 12.5.